The summed E-state index contributed by atoms with van der Waals surface area (Å²) >= 11 is 1.57. The van der Waals surface area contributed by atoms with Gasteiger partial charge in [0, 0.05) is 12.8 Å². The minimum atomic E-state index is -0.768. The summed E-state index contributed by atoms with van der Waals surface area (Å²) in [5, 5.41) is 18.5. The van der Waals surface area contributed by atoms with Gasteiger partial charge in [-0.25, -0.2) is 0 Å². The molecule has 0 aromatic carbocycles. The number of unbranched alkanes of at least 4 members (excludes halogenated alkanes) is 1. The molecule has 2 aromatic heterocycles. The van der Waals surface area contributed by atoms with Gasteiger partial charge in [-0.1, -0.05) is 0 Å². The number of thiophene rings is 1. The molecule has 0 aliphatic heterocycles. The van der Waals surface area contributed by atoms with Gasteiger partial charge in [0.1, 0.15) is 0 Å². The Morgan fingerprint density at radius 2 is 2.28 bits per heavy atom. The summed E-state index contributed by atoms with van der Waals surface area (Å²) in [5.41, 5.74) is 1.13. The van der Waals surface area contributed by atoms with Crippen molar-refractivity contribution in [3.8, 4) is 10.8 Å². The minimum Gasteiger partial charge on any atom is -0.481 e. The van der Waals surface area contributed by atoms with E-state index in [0.717, 1.165) is 16.9 Å². The summed E-state index contributed by atoms with van der Waals surface area (Å²) in [4.78, 5) is 11.4. The lowest BCUT2D eigenvalue weighted by atomic mass is 10.2. The van der Waals surface area contributed by atoms with E-state index >= 15 is 0 Å². The number of carboxylic acids is 1. The van der Waals surface area contributed by atoms with Gasteiger partial charge in [0.15, 0.2) is 0 Å². The molecular weight excluding hydrogens is 252 g/mol. The molecule has 0 saturated carbocycles. The van der Waals surface area contributed by atoms with E-state index in [1.807, 2.05) is 18.4 Å². The maximum Gasteiger partial charge on any atom is 0.303 e. The second kappa shape index (κ2) is 5.77. The molecule has 0 amide bonds. The van der Waals surface area contributed by atoms with Gasteiger partial charge in [0.05, 0.1) is 4.88 Å². The average molecular weight is 266 g/mol. The number of aliphatic carboxylic acids is 1. The molecule has 0 aliphatic carbocycles. The Morgan fingerprint density at radius 1 is 1.44 bits per heavy atom. The molecule has 0 bridgehead atoms. The molecule has 2 rings (SSSR count). The van der Waals surface area contributed by atoms with E-state index in [1.54, 1.807) is 11.3 Å². The number of hydrogen-bond donors (Lipinski definition) is 1. The maximum atomic E-state index is 10.4. The normalized spacial score (nSPS) is 10.7. The van der Waals surface area contributed by atoms with Crippen LogP contribution in [0.1, 0.15) is 30.7 Å². The molecule has 0 aliphatic rings. The summed E-state index contributed by atoms with van der Waals surface area (Å²) in [5.74, 6) is 0.356. The van der Waals surface area contributed by atoms with Crippen molar-refractivity contribution in [3.63, 3.8) is 0 Å². The molecule has 6 heteroatoms. The van der Waals surface area contributed by atoms with Crippen LogP contribution in [-0.4, -0.2) is 21.3 Å². The maximum absolute atomic E-state index is 10.4. The van der Waals surface area contributed by atoms with E-state index in [1.165, 1.54) is 0 Å². The molecule has 2 heterocycles. The van der Waals surface area contributed by atoms with Crippen LogP contribution in [0.25, 0.3) is 10.8 Å². The molecule has 1 N–H and O–H groups in total. The van der Waals surface area contributed by atoms with Crippen molar-refractivity contribution in [2.24, 2.45) is 0 Å². The fourth-order valence-electron chi connectivity index (χ4n) is 1.59. The third-order valence-corrected chi connectivity index (χ3v) is 3.56. The molecule has 2 aromatic rings. The summed E-state index contributed by atoms with van der Waals surface area (Å²) in [6.07, 6.45) is 2.19. The van der Waals surface area contributed by atoms with Gasteiger partial charge in [-0.05, 0) is 36.8 Å². The molecule has 5 nitrogen and oxygen atoms in total. The van der Waals surface area contributed by atoms with Gasteiger partial charge in [-0.3, -0.25) is 4.79 Å². The molecular formula is C12H14N2O3S. The lowest BCUT2D eigenvalue weighted by molar-refractivity contribution is -0.137. The van der Waals surface area contributed by atoms with E-state index < -0.39 is 5.97 Å². The quantitative estimate of drug-likeness (QED) is 0.813. The fourth-order valence-corrected chi connectivity index (χ4v) is 2.44. The third kappa shape index (κ3) is 3.16. The zero-order valence-corrected chi connectivity index (χ0v) is 10.9. The number of aromatic nitrogens is 2. The number of hydrogen-bond acceptors (Lipinski definition) is 5. The van der Waals surface area contributed by atoms with Crippen LogP contribution in [0.4, 0.5) is 0 Å². The largest absolute Gasteiger partial charge is 0.481 e. The Balaban J connectivity index is 1.91. The molecule has 0 fully saturated rings. The summed E-state index contributed by atoms with van der Waals surface area (Å²) in [7, 11) is 0. The van der Waals surface area contributed by atoms with Crippen LogP contribution in [0.5, 0.6) is 0 Å². The Kier molecular flexibility index (Phi) is 4.09. The van der Waals surface area contributed by atoms with Crippen LogP contribution in [0.2, 0.25) is 0 Å². The molecule has 0 spiro atoms. The monoisotopic (exact) mass is 266 g/mol. The van der Waals surface area contributed by atoms with Gasteiger partial charge in [-0.15, -0.1) is 21.5 Å². The van der Waals surface area contributed by atoms with Gasteiger partial charge >= 0.3 is 5.97 Å². The number of aryl methyl sites for hydroxylation is 2. The topological polar surface area (TPSA) is 76.2 Å². The Bertz CT molecular complexity index is 533. The first-order valence-electron chi connectivity index (χ1n) is 5.75. The van der Waals surface area contributed by atoms with Gasteiger partial charge < -0.3 is 9.52 Å². The van der Waals surface area contributed by atoms with Crippen LogP contribution in [-0.2, 0) is 11.2 Å². The Hall–Kier alpha value is -1.69. The van der Waals surface area contributed by atoms with Crippen molar-refractivity contribution in [3.05, 3.63) is 22.9 Å². The van der Waals surface area contributed by atoms with Crippen molar-refractivity contribution in [1.29, 1.82) is 0 Å². The first-order chi connectivity index (χ1) is 8.66. The second-order valence-electron chi connectivity index (χ2n) is 4.03. The zero-order chi connectivity index (χ0) is 13.0. The molecule has 0 unspecified atom stereocenters. The van der Waals surface area contributed by atoms with Crippen LogP contribution in [0.15, 0.2) is 15.9 Å². The van der Waals surface area contributed by atoms with E-state index in [4.69, 9.17) is 9.52 Å². The van der Waals surface area contributed by atoms with Crippen molar-refractivity contribution in [2.75, 3.05) is 0 Å². The molecule has 0 radical (unpaired) electrons. The van der Waals surface area contributed by atoms with Gasteiger partial charge in [0.2, 0.25) is 5.89 Å². The van der Waals surface area contributed by atoms with Crippen molar-refractivity contribution in [2.45, 2.75) is 32.6 Å². The highest BCUT2D eigenvalue weighted by Crippen LogP contribution is 2.27. The zero-order valence-electron chi connectivity index (χ0n) is 10.0. The average Bonchev–Trinajstić information content (AvgIpc) is 2.92. The van der Waals surface area contributed by atoms with Crippen LogP contribution >= 0.6 is 11.3 Å². The lowest BCUT2D eigenvalue weighted by Gasteiger charge is -1.94. The van der Waals surface area contributed by atoms with Crippen LogP contribution < -0.4 is 0 Å². The summed E-state index contributed by atoms with van der Waals surface area (Å²) in [6, 6.07) is 2.01. The van der Waals surface area contributed by atoms with Crippen LogP contribution in [0, 0.1) is 6.92 Å². The predicted octanol–water partition coefficient (Wildman–Crippen LogP) is 2.90. The Labute approximate surface area is 108 Å². The summed E-state index contributed by atoms with van der Waals surface area (Å²) < 4.78 is 5.56. The summed E-state index contributed by atoms with van der Waals surface area (Å²) in [6.45, 7) is 2.00. The van der Waals surface area contributed by atoms with Gasteiger partial charge in [-0.2, -0.15) is 0 Å². The highest BCUT2D eigenvalue weighted by atomic mass is 32.1. The number of carbonyl (C=O) groups is 1. The lowest BCUT2D eigenvalue weighted by Crippen LogP contribution is -1.95. The second-order valence-corrected chi connectivity index (χ2v) is 4.95. The first-order valence-corrected chi connectivity index (χ1v) is 6.63. The first kappa shape index (κ1) is 12.8. The highest BCUT2D eigenvalue weighted by Gasteiger charge is 2.11. The van der Waals surface area contributed by atoms with Gasteiger partial charge in [0.25, 0.3) is 5.89 Å². The molecule has 0 saturated heterocycles. The smallest absolute Gasteiger partial charge is 0.303 e. The number of carboxylic acid groups (broad SMARTS) is 1. The fraction of sp³-hybridized carbons (Fsp3) is 0.417. The number of rotatable bonds is 6. The van der Waals surface area contributed by atoms with Crippen molar-refractivity contribution in [1.82, 2.24) is 10.2 Å². The van der Waals surface area contributed by atoms with Crippen molar-refractivity contribution < 1.29 is 14.3 Å². The third-order valence-electron chi connectivity index (χ3n) is 2.55. The van der Waals surface area contributed by atoms with E-state index in [0.29, 0.717) is 24.6 Å². The molecule has 0 atom stereocenters. The van der Waals surface area contributed by atoms with E-state index in [-0.39, 0.29) is 6.42 Å². The minimum absolute atomic E-state index is 0.186. The van der Waals surface area contributed by atoms with E-state index in [2.05, 4.69) is 10.2 Å². The SMILES string of the molecule is Cc1ccsc1-c1nnc(CCCCC(=O)O)o1. The van der Waals surface area contributed by atoms with Crippen LogP contribution in [0.3, 0.4) is 0 Å². The van der Waals surface area contributed by atoms with Crippen molar-refractivity contribution >= 4 is 17.3 Å². The highest BCUT2D eigenvalue weighted by molar-refractivity contribution is 7.13. The molecule has 18 heavy (non-hydrogen) atoms. The Morgan fingerprint density at radius 3 is 2.94 bits per heavy atom. The van der Waals surface area contributed by atoms with E-state index in [9.17, 15) is 4.79 Å². The molecule has 96 valence electrons. The standard InChI is InChI=1S/C12H14N2O3S/c1-8-6-7-18-11(8)12-14-13-9(17-12)4-2-3-5-10(15)16/h6-7H,2-5H2,1H3,(H,15,16). The number of nitrogens with zero attached hydrogens (tertiary/aromatic N) is 2. The predicted molar refractivity (Wildman–Crippen MR) is 67.5 cm³/mol.